The molecular formula is C24H29NO6. The third-order valence-electron chi connectivity index (χ3n) is 6.61. The first-order valence-electron chi connectivity index (χ1n) is 10.8. The van der Waals surface area contributed by atoms with Gasteiger partial charge in [0.05, 0.1) is 21.3 Å². The van der Waals surface area contributed by atoms with Crippen LogP contribution in [0.5, 0.6) is 34.5 Å². The van der Waals surface area contributed by atoms with E-state index in [1.807, 2.05) is 18.2 Å². The van der Waals surface area contributed by atoms with E-state index in [4.69, 9.17) is 28.4 Å². The van der Waals surface area contributed by atoms with Gasteiger partial charge in [-0.1, -0.05) is 6.92 Å². The molecule has 0 unspecified atom stereocenters. The fourth-order valence-corrected chi connectivity index (χ4v) is 5.14. The lowest BCUT2D eigenvalue weighted by atomic mass is 9.78. The van der Waals surface area contributed by atoms with Crippen LogP contribution in [0.1, 0.15) is 36.8 Å². The number of methoxy groups -OCH3 is 3. The third-order valence-corrected chi connectivity index (χ3v) is 6.61. The maximum Gasteiger partial charge on any atom is 0.231 e. The molecule has 31 heavy (non-hydrogen) atoms. The molecule has 2 aromatic carbocycles. The molecule has 0 saturated carbocycles. The normalized spacial score (nSPS) is 24.5. The van der Waals surface area contributed by atoms with E-state index < -0.39 is 0 Å². The highest BCUT2D eigenvalue weighted by Gasteiger charge is 2.42. The molecule has 166 valence electrons. The standard InChI is InChI=1S/C24H29NO6/c1-14-22(15-9-20(26-2)23(28-4)21(10-15)27-3)16-11-18-19(30-13-29-18)12-17(16)31-24(14)25-7-5-6-8-25/h9-12,14,22,24H,5-8,13H2,1-4H3/t14-,22+,24+/m1/s1. The smallest absolute Gasteiger partial charge is 0.231 e. The van der Waals surface area contributed by atoms with Crippen LogP contribution in [-0.4, -0.2) is 52.3 Å². The van der Waals surface area contributed by atoms with Crippen LogP contribution in [-0.2, 0) is 0 Å². The largest absolute Gasteiger partial charge is 0.493 e. The van der Waals surface area contributed by atoms with E-state index in [9.17, 15) is 0 Å². The molecule has 2 aromatic rings. The monoisotopic (exact) mass is 427 g/mol. The maximum atomic E-state index is 6.57. The Kier molecular flexibility index (Phi) is 5.22. The second-order valence-electron chi connectivity index (χ2n) is 8.29. The average molecular weight is 427 g/mol. The Balaban J connectivity index is 1.66. The predicted octanol–water partition coefficient (Wildman–Crippen LogP) is 4.02. The van der Waals surface area contributed by atoms with Crippen LogP contribution in [0.3, 0.4) is 0 Å². The summed E-state index contributed by atoms with van der Waals surface area (Å²) < 4.78 is 34.7. The molecule has 0 amide bonds. The van der Waals surface area contributed by atoms with Gasteiger partial charge in [0.25, 0.3) is 0 Å². The van der Waals surface area contributed by atoms with E-state index in [2.05, 4.69) is 17.9 Å². The summed E-state index contributed by atoms with van der Waals surface area (Å²) in [5, 5.41) is 0. The van der Waals surface area contributed by atoms with Crippen LogP contribution < -0.4 is 28.4 Å². The van der Waals surface area contributed by atoms with Gasteiger partial charge in [0.2, 0.25) is 12.5 Å². The van der Waals surface area contributed by atoms with Gasteiger partial charge in [-0.2, -0.15) is 0 Å². The fraction of sp³-hybridized carbons (Fsp3) is 0.500. The van der Waals surface area contributed by atoms with Crippen molar-refractivity contribution in [1.82, 2.24) is 4.90 Å². The molecule has 0 aliphatic carbocycles. The molecule has 1 saturated heterocycles. The Morgan fingerprint density at radius 3 is 2.10 bits per heavy atom. The van der Waals surface area contributed by atoms with Gasteiger partial charge in [-0.25, -0.2) is 0 Å². The molecule has 0 bridgehead atoms. The molecule has 7 heteroatoms. The summed E-state index contributed by atoms with van der Waals surface area (Å²) >= 11 is 0. The van der Waals surface area contributed by atoms with Crippen molar-refractivity contribution < 1.29 is 28.4 Å². The van der Waals surface area contributed by atoms with Crippen LogP contribution in [0.4, 0.5) is 0 Å². The van der Waals surface area contributed by atoms with Gasteiger partial charge in [-0.15, -0.1) is 0 Å². The van der Waals surface area contributed by atoms with Crippen molar-refractivity contribution in [3.8, 4) is 34.5 Å². The van der Waals surface area contributed by atoms with Crippen molar-refractivity contribution >= 4 is 0 Å². The number of benzene rings is 2. The number of fused-ring (bicyclic) bond motifs is 2. The first-order valence-corrected chi connectivity index (χ1v) is 10.8. The van der Waals surface area contributed by atoms with E-state index in [0.29, 0.717) is 17.2 Å². The summed E-state index contributed by atoms with van der Waals surface area (Å²) in [6.07, 6.45) is 2.39. The maximum absolute atomic E-state index is 6.57. The molecule has 0 aromatic heterocycles. The number of hydrogen-bond donors (Lipinski definition) is 0. The van der Waals surface area contributed by atoms with Crippen molar-refractivity contribution in [2.75, 3.05) is 41.2 Å². The lowest BCUT2D eigenvalue weighted by molar-refractivity contribution is -0.0178. The number of likely N-dealkylation sites (tertiary alicyclic amines) is 1. The number of hydrogen-bond acceptors (Lipinski definition) is 7. The topological polar surface area (TPSA) is 58.6 Å². The molecule has 3 heterocycles. The SMILES string of the molecule is COc1cc([C@H]2c3cc4c(cc3O[C@H](N3CCCC3)[C@@H]2C)OCO4)cc(OC)c1OC. The molecule has 7 nitrogen and oxygen atoms in total. The number of ether oxygens (including phenoxy) is 6. The molecule has 5 rings (SSSR count). The van der Waals surface area contributed by atoms with Gasteiger partial charge in [-0.05, 0) is 36.6 Å². The number of nitrogens with zero attached hydrogens (tertiary/aromatic N) is 1. The minimum Gasteiger partial charge on any atom is -0.493 e. The second kappa shape index (κ2) is 8.04. The Morgan fingerprint density at radius 1 is 0.839 bits per heavy atom. The molecule has 0 spiro atoms. The average Bonchev–Trinajstić information content (AvgIpc) is 3.48. The Bertz CT molecular complexity index is 946. The molecular weight excluding hydrogens is 398 g/mol. The Labute approximate surface area is 182 Å². The predicted molar refractivity (Wildman–Crippen MR) is 115 cm³/mol. The summed E-state index contributed by atoms with van der Waals surface area (Å²) in [5.74, 6) is 4.50. The summed E-state index contributed by atoms with van der Waals surface area (Å²) in [4.78, 5) is 2.45. The van der Waals surface area contributed by atoms with E-state index in [-0.39, 0.29) is 24.9 Å². The summed E-state index contributed by atoms with van der Waals surface area (Å²) in [6, 6.07) is 8.12. The highest BCUT2D eigenvalue weighted by molar-refractivity contribution is 5.60. The highest BCUT2D eigenvalue weighted by atomic mass is 16.7. The first kappa shape index (κ1) is 20.1. The zero-order valence-corrected chi connectivity index (χ0v) is 18.5. The molecule has 0 radical (unpaired) electrons. The zero-order chi connectivity index (χ0) is 21.5. The van der Waals surface area contributed by atoms with Crippen molar-refractivity contribution in [3.05, 3.63) is 35.4 Å². The zero-order valence-electron chi connectivity index (χ0n) is 18.5. The van der Waals surface area contributed by atoms with Crippen LogP contribution in [0.15, 0.2) is 24.3 Å². The van der Waals surface area contributed by atoms with Crippen molar-refractivity contribution in [3.63, 3.8) is 0 Å². The molecule has 3 atom stereocenters. The van der Waals surface area contributed by atoms with Gasteiger partial charge < -0.3 is 28.4 Å². The first-order chi connectivity index (χ1) is 15.1. The third kappa shape index (κ3) is 3.31. The van der Waals surface area contributed by atoms with Gasteiger partial charge in [0.15, 0.2) is 29.2 Å². The summed E-state index contributed by atoms with van der Waals surface area (Å²) in [5.41, 5.74) is 2.18. The number of rotatable bonds is 5. The lowest BCUT2D eigenvalue weighted by Gasteiger charge is -2.42. The van der Waals surface area contributed by atoms with E-state index in [1.54, 1.807) is 21.3 Å². The van der Waals surface area contributed by atoms with Gasteiger partial charge >= 0.3 is 0 Å². The van der Waals surface area contributed by atoms with Crippen molar-refractivity contribution in [2.24, 2.45) is 5.92 Å². The summed E-state index contributed by atoms with van der Waals surface area (Å²) in [6.45, 7) is 4.59. The molecule has 0 N–H and O–H groups in total. The Morgan fingerprint density at radius 2 is 1.48 bits per heavy atom. The van der Waals surface area contributed by atoms with Crippen LogP contribution in [0.25, 0.3) is 0 Å². The van der Waals surface area contributed by atoms with Gasteiger partial charge in [-0.3, -0.25) is 4.90 Å². The molecule has 3 aliphatic rings. The van der Waals surface area contributed by atoms with Crippen LogP contribution in [0.2, 0.25) is 0 Å². The van der Waals surface area contributed by atoms with Gasteiger partial charge in [0.1, 0.15) is 5.75 Å². The molecule has 1 fully saturated rings. The quantitative estimate of drug-likeness (QED) is 0.714. The van der Waals surface area contributed by atoms with E-state index in [1.165, 1.54) is 12.8 Å². The lowest BCUT2D eigenvalue weighted by Crippen LogP contribution is -2.46. The van der Waals surface area contributed by atoms with Gasteiger partial charge in [0, 0.05) is 36.6 Å². The van der Waals surface area contributed by atoms with Crippen LogP contribution >= 0.6 is 0 Å². The minimum atomic E-state index is -0.0144. The second-order valence-corrected chi connectivity index (χ2v) is 8.29. The van der Waals surface area contributed by atoms with E-state index in [0.717, 1.165) is 41.5 Å². The Hall–Kier alpha value is -2.80. The van der Waals surface area contributed by atoms with Crippen molar-refractivity contribution in [1.29, 1.82) is 0 Å². The highest BCUT2D eigenvalue weighted by Crippen LogP contribution is 2.52. The van der Waals surface area contributed by atoms with E-state index >= 15 is 0 Å². The minimum absolute atomic E-state index is 0.0144. The fourth-order valence-electron chi connectivity index (χ4n) is 5.14. The van der Waals surface area contributed by atoms with Crippen molar-refractivity contribution in [2.45, 2.75) is 31.9 Å². The summed E-state index contributed by atoms with van der Waals surface area (Å²) in [7, 11) is 4.91. The van der Waals surface area contributed by atoms with Crippen LogP contribution in [0, 0.1) is 5.92 Å². The molecule has 3 aliphatic heterocycles.